The number of carbonyl (C=O) groups is 2. The third-order valence-electron chi connectivity index (χ3n) is 15.6. The summed E-state index contributed by atoms with van der Waals surface area (Å²) < 4.78 is 5.50. The second kappa shape index (κ2) is 62.1. The maximum Gasteiger partial charge on any atom is 0.305 e. The van der Waals surface area contributed by atoms with Gasteiger partial charge in [0.1, 0.15) is 0 Å². The van der Waals surface area contributed by atoms with Crippen molar-refractivity contribution in [3.05, 3.63) is 12.2 Å². The zero-order valence-electron chi connectivity index (χ0n) is 48.9. The number of ether oxygens (including phenoxy) is 1. The Bertz CT molecular complexity index is 1080. The first-order chi connectivity index (χ1) is 35.5. The summed E-state index contributed by atoms with van der Waals surface area (Å²) in [4.78, 5) is 24.6. The van der Waals surface area contributed by atoms with Crippen molar-refractivity contribution in [2.45, 2.75) is 386 Å². The molecular weight excluding hydrogens is 887 g/mol. The molecule has 0 spiro atoms. The van der Waals surface area contributed by atoms with Crippen molar-refractivity contribution in [3.63, 3.8) is 0 Å². The lowest BCUT2D eigenvalue weighted by Gasteiger charge is -2.20. The van der Waals surface area contributed by atoms with E-state index in [2.05, 4.69) is 19.2 Å². The Hall–Kier alpha value is -1.40. The monoisotopic (exact) mass is 1020 g/mol. The quantitative estimate of drug-likeness (QED) is 0.0320. The molecule has 0 rings (SSSR count). The first-order valence-corrected chi connectivity index (χ1v) is 33.0. The zero-order valence-corrected chi connectivity index (χ0v) is 48.9. The molecule has 0 aromatic heterocycles. The van der Waals surface area contributed by atoms with Crippen LogP contribution in [-0.4, -0.2) is 47.4 Å². The van der Waals surface area contributed by atoms with Gasteiger partial charge in [0.05, 0.1) is 25.4 Å². The molecular formula is C66H129NO5. The largest absolute Gasteiger partial charge is 0.466 e. The van der Waals surface area contributed by atoms with Crippen molar-refractivity contribution in [2.24, 2.45) is 0 Å². The van der Waals surface area contributed by atoms with Crippen LogP contribution < -0.4 is 5.32 Å². The Morgan fingerprint density at radius 3 is 0.944 bits per heavy atom. The van der Waals surface area contributed by atoms with Gasteiger partial charge in [0, 0.05) is 12.8 Å². The van der Waals surface area contributed by atoms with Gasteiger partial charge in [-0.2, -0.15) is 0 Å². The van der Waals surface area contributed by atoms with E-state index in [1.54, 1.807) is 6.08 Å². The lowest BCUT2D eigenvalue weighted by Crippen LogP contribution is -2.45. The molecule has 0 aromatic carbocycles. The number of hydrogen-bond donors (Lipinski definition) is 3. The molecule has 6 nitrogen and oxygen atoms in total. The van der Waals surface area contributed by atoms with Crippen molar-refractivity contribution < 1.29 is 24.5 Å². The molecule has 0 fully saturated rings. The summed E-state index contributed by atoms with van der Waals surface area (Å²) in [6, 6.07) is -0.631. The maximum atomic E-state index is 12.5. The minimum Gasteiger partial charge on any atom is -0.466 e. The van der Waals surface area contributed by atoms with E-state index >= 15 is 0 Å². The van der Waals surface area contributed by atoms with E-state index in [1.807, 2.05) is 6.08 Å². The van der Waals surface area contributed by atoms with Gasteiger partial charge in [0.15, 0.2) is 0 Å². The predicted molar refractivity (Wildman–Crippen MR) is 315 cm³/mol. The van der Waals surface area contributed by atoms with E-state index in [9.17, 15) is 19.8 Å². The first-order valence-electron chi connectivity index (χ1n) is 33.0. The molecule has 0 aromatic rings. The van der Waals surface area contributed by atoms with Gasteiger partial charge in [-0.1, -0.05) is 341 Å². The zero-order chi connectivity index (χ0) is 52.2. The molecule has 0 radical (unpaired) electrons. The lowest BCUT2D eigenvalue weighted by atomic mass is 10.0. The van der Waals surface area contributed by atoms with E-state index < -0.39 is 12.1 Å². The third-order valence-corrected chi connectivity index (χ3v) is 15.6. The van der Waals surface area contributed by atoms with E-state index in [-0.39, 0.29) is 18.5 Å². The molecule has 0 heterocycles. The summed E-state index contributed by atoms with van der Waals surface area (Å²) in [6.07, 6.45) is 75.4. The molecule has 428 valence electrons. The molecule has 2 atom stereocenters. The molecule has 6 heteroatoms. The highest BCUT2D eigenvalue weighted by Crippen LogP contribution is 2.19. The fourth-order valence-corrected chi connectivity index (χ4v) is 10.5. The molecule has 0 saturated carbocycles. The average molecular weight is 1020 g/mol. The second-order valence-electron chi connectivity index (χ2n) is 22.8. The highest BCUT2D eigenvalue weighted by atomic mass is 16.5. The van der Waals surface area contributed by atoms with Crippen LogP contribution in [-0.2, 0) is 14.3 Å². The van der Waals surface area contributed by atoms with Crippen LogP contribution >= 0.6 is 0 Å². The van der Waals surface area contributed by atoms with Crippen LogP contribution in [0.15, 0.2) is 12.2 Å². The Morgan fingerprint density at radius 1 is 0.375 bits per heavy atom. The third kappa shape index (κ3) is 57.9. The Balaban J connectivity index is 3.42. The van der Waals surface area contributed by atoms with Crippen molar-refractivity contribution in [2.75, 3.05) is 13.2 Å². The van der Waals surface area contributed by atoms with Crippen molar-refractivity contribution >= 4 is 11.9 Å². The smallest absolute Gasteiger partial charge is 0.305 e. The first kappa shape index (κ1) is 70.6. The van der Waals surface area contributed by atoms with Crippen LogP contribution in [0.5, 0.6) is 0 Å². The van der Waals surface area contributed by atoms with E-state index in [0.29, 0.717) is 19.4 Å². The van der Waals surface area contributed by atoms with Crippen LogP contribution in [0.4, 0.5) is 0 Å². The minimum absolute atomic E-state index is 0.0110. The van der Waals surface area contributed by atoms with Gasteiger partial charge >= 0.3 is 5.97 Å². The summed E-state index contributed by atoms with van der Waals surface area (Å²) >= 11 is 0. The molecule has 2 unspecified atom stereocenters. The molecule has 0 aliphatic carbocycles. The van der Waals surface area contributed by atoms with Crippen LogP contribution in [0.1, 0.15) is 373 Å². The lowest BCUT2D eigenvalue weighted by molar-refractivity contribution is -0.143. The number of rotatable bonds is 62. The fourth-order valence-electron chi connectivity index (χ4n) is 10.5. The number of allylic oxidation sites excluding steroid dienone is 1. The van der Waals surface area contributed by atoms with Crippen LogP contribution in [0.3, 0.4) is 0 Å². The average Bonchev–Trinajstić information content (AvgIpc) is 3.38. The van der Waals surface area contributed by atoms with Crippen LogP contribution in [0.2, 0.25) is 0 Å². The minimum atomic E-state index is -0.847. The molecule has 1 amide bonds. The summed E-state index contributed by atoms with van der Waals surface area (Å²) in [5.74, 6) is -0.0566. The van der Waals surface area contributed by atoms with Gasteiger partial charge in [-0.3, -0.25) is 9.59 Å². The second-order valence-corrected chi connectivity index (χ2v) is 22.8. The topological polar surface area (TPSA) is 95.9 Å². The van der Waals surface area contributed by atoms with E-state index in [1.165, 1.54) is 308 Å². The SMILES string of the molecule is CCCCCCCCCCCCCCCCCCCCC/C=C/C(O)C(CO)NC(=O)CCCCCCCCCCCCCCCCCCCCOC(=O)CCCCCCCCCCCCCCCCCC. The maximum absolute atomic E-state index is 12.5. The van der Waals surface area contributed by atoms with Crippen LogP contribution in [0.25, 0.3) is 0 Å². The number of hydrogen-bond acceptors (Lipinski definition) is 5. The van der Waals surface area contributed by atoms with E-state index in [4.69, 9.17) is 4.74 Å². The van der Waals surface area contributed by atoms with Gasteiger partial charge in [-0.05, 0) is 32.1 Å². The number of nitrogens with one attached hydrogen (secondary N) is 1. The standard InChI is InChI=1S/C66H129NO5/c1-3-5-7-9-11-13-15-17-19-21-22-23-24-27-30-34-38-42-46-50-54-58-64(69)63(62-68)67-65(70)59-55-51-47-43-39-35-31-28-25-26-29-33-37-41-45-49-53-57-61-72-66(71)60-56-52-48-44-40-36-32-20-18-16-14-12-10-8-6-4-2/h54,58,63-64,68-69H,3-53,55-57,59-62H2,1-2H3,(H,67,70)/b58-54+. The summed E-state index contributed by atoms with van der Waals surface area (Å²) in [5.41, 5.74) is 0. The van der Waals surface area contributed by atoms with Gasteiger partial charge in [0.25, 0.3) is 0 Å². The normalized spacial score (nSPS) is 12.6. The number of amides is 1. The van der Waals surface area contributed by atoms with E-state index in [0.717, 1.165) is 38.5 Å². The number of unbranched alkanes of at least 4 members (excludes halogenated alkanes) is 51. The Kier molecular flexibility index (Phi) is 60.9. The summed E-state index contributed by atoms with van der Waals surface area (Å²) in [7, 11) is 0. The molecule has 0 aliphatic rings. The van der Waals surface area contributed by atoms with Gasteiger partial charge in [0.2, 0.25) is 5.91 Å². The molecule has 0 bridgehead atoms. The molecule has 3 N–H and O–H groups in total. The molecule has 72 heavy (non-hydrogen) atoms. The van der Waals surface area contributed by atoms with Crippen LogP contribution in [0, 0.1) is 0 Å². The Labute approximate surface area is 450 Å². The highest BCUT2D eigenvalue weighted by molar-refractivity contribution is 5.76. The number of aliphatic hydroxyl groups excluding tert-OH is 2. The number of aliphatic hydroxyl groups is 2. The van der Waals surface area contributed by atoms with Crippen molar-refractivity contribution in [1.29, 1.82) is 0 Å². The van der Waals surface area contributed by atoms with Gasteiger partial charge < -0.3 is 20.3 Å². The molecule has 0 saturated heterocycles. The fraction of sp³-hybridized carbons (Fsp3) is 0.939. The number of esters is 1. The number of carbonyl (C=O) groups excluding carboxylic acids is 2. The summed E-state index contributed by atoms with van der Waals surface area (Å²) in [5, 5.41) is 23.2. The highest BCUT2D eigenvalue weighted by Gasteiger charge is 2.18. The van der Waals surface area contributed by atoms with Crippen molar-refractivity contribution in [3.8, 4) is 0 Å². The molecule has 0 aliphatic heterocycles. The predicted octanol–water partition coefficient (Wildman–Crippen LogP) is 20.8. The summed E-state index contributed by atoms with van der Waals surface area (Å²) in [6.45, 7) is 4.94. The van der Waals surface area contributed by atoms with Gasteiger partial charge in [-0.15, -0.1) is 0 Å². The van der Waals surface area contributed by atoms with Gasteiger partial charge in [-0.25, -0.2) is 0 Å². The van der Waals surface area contributed by atoms with Crippen molar-refractivity contribution in [1.82, 2.24) is 5.32 Å². The Morgan fingerprint density at radius 2 is 0.639 bits per heavy atom.